The predicted octanol–water partition coefficient (Wildman–Crippen LogP) is 3.57. The summed E-state index contributed by atoms with van der Waals surface area (Å²) in [6.45, 7) is 6.78. The second kappa shape index (κ2) is 6.55. The van der Waals surface area contributed by atoms with Gasteiger partial charge in [0.2, 0.25) is 0 Å². The van der Waals surface area contributed by atoms with Crippen molar-refractivity contribution in [2.24, 2.45) is 5.73 Å². The summed E-state index contributed by atoms with van der Waals surface area (Å²) in [6.07, 6.45) is 6.48. The number of hydrogen-bond acceptors (Lipinski definition) is 5. The molecule has 27 heavy (non-hydrogen) atoms. The Labute approximate surface area is 158 Å². The normalized spacial score (nSPS) is 11.9. The summed E-state index contributed by atoms with van der Waals surface area (Å²) in [5, 5.41) is 4.67. The standard InChI is InChI=1S/C21H21N6/c1-4-27-18-6-5-10-24-20(18)19(26-27)16-8-7-14(13-25-16)17-12-15(9-11-23-17)21(2,3)22/h5-9,11-13H,4,22H2,1-3H3. The summed E-state index contributed by atoms with van der Waals surface area (Å²) < 4.78 is 1.93. The van der Waals surface area contributed by atoms with Crippen molar-refractivity contribution in [1.82, 2.24) is 24.7 Å². The highest BCUT2D eigenvalue weighted by atomic mass is 15.3. The van der Waals surface area contributed by atoms with Gasteiger partial charge in [0, 0.05) is 30.0 Å². The van der Waals surface area contributed by atoms with E-state index in [1.807, 2.05) is 55.1 Å². The first kappa shape index (κ1) is 17.3. The second-order valence-electron chi connectivity index (χ2n) is 7.06. The van der Waals surface area contributed by atoms with Gasteiger partial charge in [0.15, 0.2) is 0 Å². The van der Waals surface area contributed by atoms with Gasteiger partial charge in [-0.3, -0.25) is 14.6 Å². The lowest BCUT2D eigenvalue weighted by Gasteiger charge is -2.19. The summed E-state index contributed by atoms with van der Waals surface area (Å²) in [4.78, 5) is 13.4. The molecule has 6 heteroatoms. The minimum Gasteiger partial charge on any atom is -0.322 e. The number of pyridine rings is 3. The third-order valence-corrected chi connectivity index (χ3v) is 4.56. The zero-order valence-corrected chi connectivity index (χ0v) is 15.6. The van der Waals surface area contributed by atoms with Gasteiger partial charge in [-0.1, -0.05) is 0 Å². The van der Waals surface area contributed by atoms with E-state index in [1.54, 1.807) is 12.3 Å². The molecule has 2 N–H and O–H groups in total. The Morgan fingerprint density at radius 1 is 1.11 bits per heavy atom. The van der Waals surface area contributed by atoms with Crippen LogP contribution in [0.2, 0.25) is 0 Å². The van der Waals surface area contributed by atoms with Crippen molar-refractivity contribution < 1.29 is 0 Å². The summed E-state index contributed by atoms with van der Waals surface area (Å²) in [5.74, 6) is 0. The average molecular weight is 357 g/mol. The predicted molar refractivity (Wildman–Crippen MR) is 106 cm³/mol. The largest absolute Gasteiger partial charge is 0.322 e. The Kier molecular flexibility index (Phi) is 4.20. The Hall–Kier alpha value is -3.12. The molecule has 0 spiro atoms. The lowest BCUT2D eigenvalue weighted by molar-refractivity contribution is 0.554. The van der Waals surface area contributed by atoms with Crippen LogP contribution in [0.15, 0.2) is 48.8 Å². The fourth-order valence-electron chi connectivity index (χ4n) is 3.05. The van der Waals surface area contributed by atoms with Crippen LogP contribution >= 0.6 is 0 Å². The highest BCUT2D eigenvalue weighted by Gasteiger charge is 2.16. The number of nitrogens with two attached hydrogens (primary N) is 1. The molecule has 0 saturated heterocycles. The SMILES string of the molecule is CCn1nc(-c2ccc(-c3cc(C(C)(C)N)ccn3)cn2)c2n[c]ccc21. The number of nitrogens with zero attached hydrogens (tertiary/aromatic N) is 5. The lowest BCUT2D eigenvalue weighted by atomic mass is 9.95. The van der Waals surface area contributed by atoms with Crippen molar-refractivity contribution in [3.05, 3.63) is 60.6 Å². The smallest absolute Gasteiger partial charge is 0.137 e. The Bertz CT molecular complexity index is 1090. The van der Waals surface area contributed by atoms with E-state index >= 15 is 0 Å². The van der Waals surface area contributed by atoms with Crippen LogP contribution in [0, 0.1) is 6.20 Å². The van der Waals surface area contributed by atoms with Crippen molar-refractivity contribution in [2.75, 3.05) is 0 Å². The van der Waals surface area contributed by atoms with Crippen molar-refractivity contribution in [1.29, 1.82) is 0 Å². The molecule has 0 aliphatic heterocycles. The first-order chi connectivity index (χ1) is 13.0. The summed E-state index contributed by atoms with van der Waals surface area (Å²) in [7, 11) is 0. The zero-order chi connectivity index (χ0) is 19.0. The Balaban J connectivity index is 1.74. The van der Waals surface area contributed by atoms with Gasteiger partial charge in [-0.05, 0) is 62.7 Å². The van der Waals surface area contributed by atoms with Crippen LogP contribution in [-0.4, -0.2) is 24.7 Å². The molecule has 4 heterocycles. The van der Waals surface area contributed by atoms with Crippen molar-refractivity contribution >= 4 is 11.0 Å². The molecule has 0 amide bonds. The minimum atomic E-state index is -0.418. The van der Waals surface area contributed by atoms with E-state index < -0.39 is 5.54 Å². The van der Waals surface area contributed by atoms with Gasteiger partial charge >= 0.3 is 0 Å². The van der Waals surface area contributed by atoms with Crippen LogP contribution in [0.25, 0.3) is 33.7 Å². The number of aryl methyl sites for hydroxylation is 1. The van der Waals surface area contributed by atoms with Gasteiger partial charge in [0.05, 0.1) is 23.1 Å². The van der Waals surface area contributed by atoms with Gasteiger partial charge in [-0.2, -0.15) is 5.10 Å². The van der Waals surface area contributed by atoms with Gasteiger partial charge in [0.25, 0.3) is 0 Å². The molecule has 4 aromatic heterocycles. The van der Waals surface area contributed by atoms with E-state index in [4.69, 9.17) is 5.73 Å². The Morgan fingerprint density at radius 2 is 1.96 bits per heavy atom. The molecule has 0 aliphatic carbocycles. The van der Waals surface area contributed by atoms with Crippen LogP contribution in [0.4, 0.5) is 0 Å². The maximum Gasteiger partial charge on any atom is 0.137 e. The molecule has 135 valence electrons. The van der Waals surface area contributed by atoms with Gasteiger partial charge in [-0.25, -0.2) is 4.98 Å². The molecule has 0 fully saturated rings. The number of aromatic nitrogens is 5. The summed E-state index contributed by atoms with van der Waals surface area (Å²) >= 11 is 0. The molecule has 0 aromatic carbocycles. The molecule has 4 rings (SSSR count). The van der Waals surface area contributed by atoms with E-state index in [-0.39, 0.29) is 0 Å². The molecule has 0 saturated carbocycles. The van der Waals surface area contributed by atoms with E-state index in [9.17, 15) is 0 Å². The second-order valence-corrected chi connectivity index (χ2v) is 7.06. The maximum absolute atomic E-state index is 6.21. The van der Waals surface area contributed by atoms with Gasteiger partial charge in [0.1, 0.15) is 11.2 Å². The van der Waals surface area contributed by atoms with Crippen LogP contribution in [0.3, 0.4) is 0 Å². The molecule has 1 radical (unpaired) electrons. The molecule has 0 aliphatic rings. The van der Waals surface area contributed by atoms with Crippen molar-refractivity contribution in [3.63, 3.8) is 0 Å². The number of rotatable bonds is 4. The third-order valence-electron chi connectivity index (χ3n) is 4.56. The molecule has 0 bridgehead atoms. The summed E-state index contributed by atoms with van der Waals surface area (Å²) in [5.41, 5.74) is 11.9. The number of hydrogen-bond donors (Lipinski definition) is 1. The third kappa shape index (κ3) is 3.19. The fraction of sp³-hybridized carbons (Fsp3) is 0.238. The highest BCUT2D eigenvalue weighted by Crippen LogP contribution is 2.27. The fourth-order valence-corrected chi connectivity index (χ4v) is 3.05. The topological polar surface area (TPSA) is 82.5 Å². The van der Waals surface area contributed by atoms with E-state index in [0.29, 0.717) is 0 Å². The molecule has 4 aromatic rings. The van der Waals surface area contributed by atoms with Gasteiger partial charge in [-0.15, -0.1) is 0 Å². The highest BCUT2D eigenvalue weighted by molar-refractivity contribution is 5.88. The van der Waals surface area contributed by atoms with E-state index in [2.05, 4.69) is 33.2 Å². The van der Waals surface area contributed by atoms with Crippen LogP contribution in [0.5, 0.6) is 0 Å². The van der Waals surface area contributed by atoms with E-state index in [0.717, 1.165) is 45.8 Å². The summed E-state index contributed by atoms with van der Waals surface area (Å²) in [6, 6.07) is 11.7. The molecule has 0 atom stereocenters. The quantitative estimate of drug-likeness (QED) is 0.604. The molecular formula is C21H21N6. The van der Waals surface area contributed by atoms with Crippen molar-refractivity contribution in [3.8, 4) is 22.6 Å². The van der Waals surface area contributed by atoms with Crippen LogP contribution < -0.4 is 5.73 Å². The van der Waals surface area contributed by atoms with Gasteiger partial charge < -0.3 is 5.73 Å². The molecule has 0 unspecified atom stereocenters. The lowest BCUT2D eigenvalue weighted by Crippen LogP contribution is -2.28. The monoisotopic (exact) mass is 357 g/mol. The maximum atomic E-state index is 6.21. The van der Waals surface area contributed by atoms with E-state index in [1.165, 1.54) is 0 Å². The first-order valence-electron chi connectivity index (χ1n) is 8.93. The first-order valence-corrected chi connectivity index (χ1v) is 8.93. The molecular weight excluding hydrogens is 336 g/mol. The van der Waals surface area contributed by atoms with Crippen molar-refractivity contribution in [2.45, 2.75) is 32.9 Å². The Morgan fingerprint density at radius 3 is 2.67 bits per heavy atom. The number of fused-ring (bicyclic) bond motifs is 1. The minimum absolute atomic E-state index is 0.418. The molecule has 6 nitrogen and oxygen atoms in total. The average Bonchev–Trinajstić information content (AvgIpc) is 3.06. The zero-order valence-electron chi connectivity index (χ0n) is 15.6. The van der Waals surface area contributed by atoms with Crippen LogP contribution in [0.1, 0.15) is 26.3 Å². The van der Waals surface area contributed by atoms with Crippen LogP contribution in [-0.2, 0) is 12.1 Å².